The number of halogens is 1. The summed E-state index contributed by atoms with van der Waals surface area (Å²) in [6, 6.07) is 11.4. The number of aryl methyl sites for hydroxylation is 2. The number of aromatic nitrogens is 1. The molecule has 3 aromatic rings. The second kappa shape index (κ2) is 6.96. The lowest BCUT2D eigenvalue weighted by molar-refractivity contribution is 0.0994. The smallest absolute Gasteiger partial charge is 0.254 e. The number of hydrogen-bond donors (Lipinski definition) is 1. The number of hydrogen-bond acceptors (Lipinski definition) is 3. The molecule has 134 valence electrons. The molecule has 0 aliphatic heterocycles. The van der Waals surface area contributed by atoms with Crippen molar-refractivity contribution in [2.24, 2.45) is 5.73 Å². The van der Waals surface area contributed by atoms with Gasteiger partial charge in [-0.1, -0.05) is 29.8 Å². The van der Waals surface area contributed by atoms with Gasteiger partial charge in [-0.15, -0.1) is 0 Å². The molecule has 0 bridgehead atoms. The third-order valence-corrected chi connectivity index (χ3v) is 4.63. The number of nitrogens with two attached hydrogens (primary N) is 1. The molecule has 1 amide bonds. The highest BCUT2D eigenvalue weighted by molar-refractivity contribution is 6.34. The van der Waals surface area contributed by atoms with Gasteiger partial charge in [-0.05, 0) is 57.0 Å². The monoisotopic (exact) mass is 368 g/mol. The van der Waals surface area contributed by atoms with Crippen LogP contribution < -0.4 is 10.5 Å². The molecule has 2 N–H and O–H groups in total. The Bertz CT molecular complexity index is 1010. The maximum atomic E-state index is 12.4. The Balaban J connectivity index is 2.51. The quantitative estimate of drug-likeness (QED) is 0.700. The lowest BCUT2D eigenvalue weighted by Crippen LogP contribution is -2.18. The number of carbonyl (C=O) groups excluding carboxylic acids is 1. The molecule has 0 saturated carbocycles. The van der Waals surface area contributed by atoms with Gasteiger partial charge in [-0.25, -0.2) is 4.98 Å². The third kappa shape index (κ3) is 3.25. The molecule has 0 fully saturated rings. The van der Waals surface area contributed by atoms with Crippen molar-refractivity contribution in [1.29, 1.82) is 0 Å². The fraction of sp³-hybridized carbons (Fsp3) is 0.238. The van der Waals surface area contributed by atoms with Crippen LogP contribution in [0.3, 0.4) is 0 Å². The number of pyridine rings is 1. The summed E-state index contributed by atoms with van der Waals surface area (Å²) in [5.74, 6) is -0.360. The highest BCUT2D eigenvalue weighted by atomic mass is 35.5. The summed E-state index contributed by atoms with van der Waals surface area (Å²) in [4.78, 5) is 17.0. The number of primary amides is 1. The van der Waals surface area contributed by atoms with Crippen molar-refractivity contribution < 1.29 is 9.53 Å². The van der Waals surface area contributed by atoms with Crippen LogP contribution in [0.1, 0.15) is 35.3 Å². The van der Waals surface area contributed by atoms with Crippen molar-refractivity contribution in [3.05, 3.63) is 58.1 Å². The van der Waals surface area contributed by atoms with Crippen molar-refractivity contribution in [2.45, 2.75) is 33.8 Å². The number of benzene rings is 2. The first kappa shape index (κ1) is 18.2. The molecule has 1 aromatic heterocycles. The predicted octanol–water partition coefficient (Wildman–Crippen LogP) is 5.06. The Morgan fingerprint density at radius 1 is 1.15 bits per heavy atom. The Kier molecular flexibility index (Phi) is 4.88. The van der Waals surface area contributed by atoms with Crippen LogP contribution >= 0.6 is 11.6 Å². The standard InChI is InChI=1S/C21H21ClN2O2/c1-11(2)26-21-19(20(23)25)18(14-7-5-6-8-16(14)22)15-9-12(3)13(4)10-17(15)24-21/h5-11H,1-4H3,(H2,23,25). The van der Waals surface area contributed by atoms with E-state index in [0.717, 1.165) is 27.6 Å². The normalized spacial score (nSPS) is 11.2. The number of amides is 1. The van der Waals surface area contributed by atoms with Gasteiger partial charge in [-0.3, -0.25) is 4.79 Å². The molecule has 0 atom stereocenters. The van der Waals surface area contributed by atoms with Gasteiger partial charge >= 0.3 is 0 Å². The summed E-state index contributed by atoms with van der Waals surface area (Å²) in [7, 11) is 0. The van der Waals surface area contributed by atoms with Crippen molar-refractivity contribution in [3.8, 4) is 17.0 Å². The molecule has 26 heavy (non-hydrogen) atoms. The summed E-state index contributed by atoms with van der Waals surface area (Å²) in [6.07, 6.45) is -0.149. The molecule has 0 aliphatic carbocycles. The summed E-state index contributed by atoms with van der Waals surface area (Å²) in [5.41, 5.74) is 10.3. The van der Waals surface area contributed by atoms with Crippen LogP contribution in [0.5, 0.6) is 5.88 Å². The van der Waals surface area contributed by atoms with E-state index < -0.39 is 5.91 Å². The SMILES string of the molecule is Cc1cc2nc(OC(C)C)c(C(N)=O)c(-c3ccccc3Cl)c2cc1C. The maximum absolute atomic E-state index is 12.4. The van der Waals surface area contributed by atoms with E-state index in [4.69, 9.17) is 22.1 Å². The van der Waals surface area contributed by atoms with Gasteiger partial charge in [0, 0.05) is 21.5 Å². The first-order valence-electron chi connectivity index (χ1n) is 8.46. The predicted molar refractivity (Wildman–Crippen MR) is 106 cm³/mol. The van der Waals surface area contributed by atoms with Gasteiger partial charge in [0.15, 0.2) is 0 Å². The summed E-state index contributed by atoms with van der Waals surface area (Å²) < 4.78 is 5.83. The fourth-order valence-electron chi connectivity index (χ4n) is 2.98. The molecular weight excluding hydrogens is 348 g/mol. The lowest BCUT2D eigenvalue weighted by atomic mass is 9.93. The first-order valence-corrected chi connectivity index (χ1v) is 8.83. The van der Waals surface area contributed by atoms with Gasteiger partial charge in [0.2, 0.25) is 5.88 Å². The Labute approximate surface area is 157 Å². The van der Waals surface area contributed by atoms with E-state index in [-0.39, 0.29) is 17.5 Å². The van der Waals surface area contributed by atoms with E-state index in [0.29, 0.717) is 10.6 Å². The average Bonchev–Trinajstić information content (AvgIpc) is 2.55. The Hall–Kier alpha value is -2.59. The Morgan fingerprint density at radius 2 is 1.81 bits per heavy atom. The lowest BCUT2D eigenvalue weighted by Gasteiger charge is -2.19. The second-order valence-corrected chi connectivity index (χ2v) is 7.04. The molecule has 5 heteroatoms. The first-order chi connectivity index (χ1) is 12.3. The highest BCUT2D eigenvalue weighted by Crippen LogP contribution is 2.40. The average molecular weight is 369 g/mol. The molecule has 0 spiro atoms. The summed E-state index contributed by atoms with van der Waals surface area (Å²) in [5, 5.41) is 1.36. The maximum Gasteiger partial charge on any atom is 0.254 e. The zero-order valence-electron chi connectivity index (χ0n) is 15.3. The van der Waals surface area contributed by atoms with E-state index in [9.17, 15) is 4.79 Å². The van der Waals surface area contributed by atoms with E-state index in [1.165, 1.54) is 0 Å². The van der Waals surface area contributed by atoms with Crippen molar-refractivity contribution >= 4 is 28.4 Å². The molecule has 1 heterocycles. The van der Waals surface area contributed by atoms with Gasteiger partial charge in [0.05, 0.1) is 11.6 Å². The molecule has 2 aromatic carbocycles. The van der Waals surface area contributed by atoms with Crippen LogP contribution in [0.2, 0.25) is 5.02 Å². The number of nitrogens with zero attached hydrogens (tertiary/aromatic N) is 1. The zero-order chi connectivity index (χ0) is 19.0. The zero-order valence-corrected chi connectivity index (χ0v) is 16.0. The molecule has 3 rings (SSSR count). The van der Waals surface area contributed by atoms with E-state index in [1.54, 1.807) is 6.07 Å². The second-order valence-electron chi connectivity index (χ2n) is 6.63. The van der Waals surface area contributed by atoms with Crippen molar-refractivity contribution in [1.82, 2.24) is 4.98 Å². The van der Waals surface area contributed by atoms with Crippen molar-refractivity contribution in [2.75, 3.05) is 0 Å². The van der Waals surface area contributed by atoms with Gasteiger partial charge in [0.1, 0.15) is 5.56 Å². The van der Waals surface area contributed by atoms with Crippen LogP contribution in [-0.2, 0) is 0 Å². The van der Waals surface area contributed by atoms with Crippen LogP contribution in [0, 0.1) is 13.8 Å². The molecule has 4 nitrogen and oxygen atoms in total. The van der Waals surface area contributed by atoms with E-state index in [2.05, 4.69) is 4.98 Å². The molecule has 0 unspecified atom stereocenters. The van der Waals surface area contributed by atoms with Crippen LogP contribution in [0.25, 0.3) is 22.0 Å². The van der Waals surface area contributed by atoms with Gasteiger partial charge in [-0.2, -0.15) is 0 Å². The largest absolute Gasteiger partial charge is 0.474 e. The van der Waals surface area contributed by atoms with Crippen LogP contribution in [0.4, 0.5) is 0 Å². The summed E-state index contributed by atoms with van der Waals surface area (Å²) in [6.45, 7) is 7.81. The van der Waals surface area contributed by atoms with Gasteiger partial charge in [0.25, 0.3) is 5.91 Å². The molecular formula is C21H21ClN2O2. The minimum Gasteiger partial charge on any atom is -0.474 e. The summed E-state index contributed by atoms with van der Waals surface area (Å²) >= 11 is 6.45. The number of rotatable bonds is 4. The van der Waals surface area contributed by atoms with Crippen LogP contribution in [0.15, 0.2) is 36.4 Å². The Morgan fingerprint density at radius 3 is 2.42 bits per heavy atom. The minimum absolute atomic E-state index is 0.149. The fourth-order valence-corrected chi connectivity index (χ4v) is 3.21. The van der Waals surface area contributed by atoms with Crippen molar-refractivity contribution in [3.63, 3.8) is 0 Å². The van der Waals surface area contributed by atoms with E-state index >= 15 is 0 Å². The van der Waals surface area contributed by atoms with Crippen LogP contribution in [-0.4, -0.2) is 17.0 Å². The third-order valence-electron chi connectivity index (χ3n) is 4.30. The van der Waals surface area contributed by atoms with Gasteiger partial charge < -0.3 is 10.5 Å². The molecule has 0 aliphatic rings. The highest BCUT2D eigenvalue weighted by Gasteiger charge is 2.24. The number of fused-ring (bicyclic) bond motifs is 1. The number of ether oxygens (including phenoxy) is 1. The topological polar surface area (TPSA) is 65.2 Å². The minimum atomic E-state index is -0.594. The molecule has 0 radical (unpaired) electrons. The van der Waals surface area contributed by atoms with E-state index in [1.807, 2.05) is 58.0 Å². The number of carbonyl (C=O) groups is 1. The molecule has 0 saturated heterocycles.